The first kappa shape index (κ1) is 23.4. The number of aromatic nitrogens is 4. The van der Waals surface area contributed by atoms with Crippen LogP contribution in [0.25, 0.3) is 27.6 Å². The maximum Gasteiger partial charge on any atom is 0.274 e. The van der Waals surface area contributed by atoms with E-state index in [0.29, 0.717) is 28.9 Å². The first-order chi connectivity index (χ1) is 18.2. The Hall–Kier alpha value is -4.01. The van der Waals surface area contributed by atoms with E-state index < -0.39 is 0 Å². The topological polar surface area (TPSA) is 67.2 Å². The molecule has 5 aromatic rings. The normalized spacial score (nSPS) is 13.6. The van der Waals surface area contributed by atoms with Gasteiger partial charge < -0.3 is 9.80 Å². The summed E-state index contributed by atoms with van der Waals surface area (Å²) in [4.78, 5) is 26.8. The van der Waals surface area contributed by atoms with E-state index in [4.69, 9.17) is 21.7 Å². The third kappa shape index (κ3) is 4.85. The number of carbonyl (C=O) groups excluding carboxylic acids is 1. The van der Waals surface area contributed by atoms with Crippen molar-refractivity contribution in [3.05, 3.63) is 101 Å². The highest BCUT2D eigenvalue weighted by molar-refractivity contribution is 7.12. The highest BCUT2D eigenvalue weighted by Crippen LogP contribution is 2.30. The molecule has 1 saturated heterocycles. The molecule has 0 atom stereocenters. The Morgan fingerprint density at radius 3 is 2.35 bits per heavy atom. The predicted molar refractivity (Wildman–Crippen MR) is 147 cm³/mol. The quantitative estimate of drug-likeness (QED) is 0.295. The van der Waals surface area contributed by atoms with E-state index in [1.54, 1.807) is 10.9 Å². The number of anilines is 1. The van der Waals surface area contributed by atoms with Gasteiger partial charge in [0.1, 0.15) is 5.82 Å². The number of benzene rings is 2. The van der Waals surface area contributed by atoms with Crippen LogP contribution in [0.3, 0.4) is 0 Å². The average Bonchev–Trinajstić information content (AvgIpc) is 3.62. The van der Waals surface area contributed by atoms with E-state index in [2.05, 4.69) is 9.88 Å². The van der Waals surface area contributed by atoms with Gasteiger partial charge >= 0.3 is 0 Å². The minimum Gasteiger partial charge on any atom is -0.353 e. The largest absolute Gasteiger partial charge is 0.353 e. The molecule has 0 unspecified atom stereocenters. The van der Waals surface area contributed by atoms with Gasteiger partial charge in [0.2, 0.25) is 5.13 Å². The third-order valence-corrected chi connectivity index (χ3v) is 7.42. The Morgan fingerprint density at radius 2 is 1.62 bits per heavy atom. The molecule has 0 N–H and O–H groups in total. The molecular weight excluding hydrogens is 504 g/mol. The summed E-state index contributed by atoms with van der Waals surface area (Å²) in [6, 6.07) is 25.3. The van der Waals surface area contributed by atoms with E-state index >= 15 is 0 Å². The van der Waals surface area contributed by atoms with Gasteiger partial charge in [-0.2, -0.15) is 5.10 Å². The number of hydrogen-bond acceptors (Lipinski definition) is 6. The van der Waals surface area contributed by atoms with Crippen molar-refractivity contribution in [3.63, 3.8) is 0 Å². The molecule has 37 heavy (non-hydrogen) atoms. The highest BCUT2D eigenvalue weighted by Gasteiger charge is 2.26. The maximum absolute atomic E-state index is 13.5. The van der Waals surface area contributed by atoms with Crippen LogP contribution in [-0.4, -0.2) is 56.7 Å². The molecule has 1 aliphatic heterocycles. The van der Waals surface area contributed by atoms with Crippen molar-refractivity contribution in [1.82, 2.24) is 24.6 Å². The molecule has 0 radical (unpaired) electrons. The van der Waals surface area contributed by atoms with Crippen molar-refractivity contribution in [3.8, 4) is 27.6 Å². The standard InChI is InChI=1S/C28H23ClN6OS/c29-22-11-9-20(10-12-22)24-19-37-28(31-24)35-25(21-6-2-1-3-7-21)18-23(32-35)27(36)34-16-14-33(15-17-34)26-8-4-5-13-30-26/h1-13,18-19H,14-17H2. The summed E-state index contributed by atoms with van der Waals surface area (Å²) in [6.07, 6.45) is 1.79. The second kappa shape index (κ2) is 10.2. The minimum absolute atomic E-state index is 0.0777. The number of piperazine rings is 1. The van der Waals surface area contributed by atoms with Gasteiger partial charge in [0.05, 0.1) is 11.4 Å². The molecule has 6 rings (SSSR count). The van der Waals surface area contributed by atoms with Crippen molar-refractivity contribution in [2.24, 2.45) is 0 Å². The number of thiazole rings is 1. The van der Waals surface area contributed by atoms with Crippen molar-refractivity contribution in [2.45, 2.75) is 0 Å². The Labute approximate surface area is 223 Å². The zero-order valence-corrected chi connectivity index (χ0v) is 21.4. The summed E-state index contributed by atoms with van der Waals surface area (Å²) in [5.74, 6) is 0.858. The molecule has 1 aliphatic rings. The van der Waals surface area contributed by atoms with E-state index in [1.165, 1.54) is 11.3 Å². The maximum atomic E-state index is 13.5. The van der Waals surface area contributed by atoms with E-state index in [9.17, 15) is 4.79 Å². The van der Waals surface area contributed by atoms with Crippen LogP contribution in [-0.2, 0) is 0 Å². The number of amides is 1. The zero-order valence-electron chi connectivity index (χ0n) is 19.9. The molecule has 9 heteroatoms. The molecule has 0 aliphatic carbocycles. The van der Waals surface area contributed by atoms with E-state index in [-0.39, 0.29) is 5.91 Å². The number of hydrogen-bond donors (Lipinski definition) is 0. The summed E-state index contributed by atoms with van der Waals surface area (Å²) in [6.45, 7) is 2.68. The first-order valence-corrected chi connectivity index (χ1v) is 13.2. The fraction of sp³-hybridized carbons (Fsp3) is 0.143. The molecular formula is C28H23ClN6OS. The SMILES string of the molecule is O=C(c1cc(-c2ccccc2)n(-c2nc(-c3ccc(Cl)cc3)cs2)n1)N1CCN(c2ccccn2)CC1. The van der Waals surface area contributed by atoms with Gasteiger partial charge in [-0.1, -0.05) is 60.1 Å². The molecule has 7 nitrogen and oxygen atoms in total. The average molecular weight is 527 g/mol. The Balaban J connectivity index is 1.28. The van der Waals surface area contributed by atoms with Gasteiger partial charge in [-0.25, -0.2) is 14.6 Å². The highest BCUT2D eigenvalue weighted by atomic mass is 35.5. The monoisotopic (exact) mass is 526 g/mol. The lowest BCUT2D eigenvalue weighted by Gasteiger charge is -2.35. The molecule has 1 fully saturated rings. The first-order valence-electron chi connectivity index (χ1n) is 12.0. The van der Waals surface area contributed by atoms with Gasteiger partial charge in [0, 0.05) is 53.9 Å². The zero-order chi connectivity index (χ0) is 25.2. The van der Waals surface area contributed by atoms with Crippen LogP contribution in [0.2, 0.25) is 5.02 Å². The van der Waals surface area contributed by atoms with Crippen LogP contribution in [0.5, 0.6) is 0 Å². The van der Waals surface area contributed by atoms with E-state index in [1.807, 2.05) is 89.1 Å². The van der Waals surface area contributed by atoms with Crippen LogP contribution in [0.15, 0.2) is 90.4 Å². The smallest absolute Gasteiger partial charge is 0.274 e. The Bertz CT molecular complexity index is 1510. The molecule has 0 bridgehead atoms. The van der Waals surface area contributed by atoms with Crippen LogP contribution < -0.4 is 4.90 Å². The Kier molecular flexibility index (Phi) is 6.42. The lowest BCUT2D eigenvalue weighted by atomic mass is 10.1. The summed E-state index contributed by atoms with van der Waals surface area (Å²) in [5, 5.41) is 8.13. The number of halogens is 1. The lowest BCUT2D eigenvalue weighted by Crippen LogP contribution is -2.49. The fourth-order valence-corrected chi connectivity index (χ4v) is 5.32. The molecule has 2 aromatic carbocycles. The molecule has 0 saturated carbocycles. The second-order valence-electron chi connectivity index (χ2n) is 8.68. The summed E-state index contributed by atoms with van der Waals surface area (Å²) in [7, 11) is 0. The Morgan fingerprint density at radius 1 is 0.865 bits per heavy atom. The molecule has 3 aromatic heterocycles. The summed E-state index contributed by atoms with van der Waals surface area (Å²) in [5.41, 5.74) is 4.02. The van der Waals surface area contributed by atoms with Crippen LogP contribution >= 0.6 is 22.9 Å². The second-order valence-corrected chi connectivity index (χ2v) is 9.96. The van der Waals surface area contributed by atoms with Crippen LogP contribution in [0.1, 0.15) is 10.5 Å². The van der Waals surface area contributed by atoms with Crippen molar-refractivity contribution >= 4 is 34.7 Å². The van der Waals surface area contributed by atoms with Crippen LogP contribution in [0.4, 0.5) is 5.82 Å². The van der Waals surface area contributed by atoms with E-state index in [0.717, 1.165) is 41.4 Å². The van der Waals surface area contributed by atoms with Crippen LogP contribution in [0, 0.1) is 0 Å². The number of carbonyl (C=O) groups is 1. The third-order valence-electron chi connectivity index (χ3n) is 6.35. The molecule has 1 amide bonds. The van der Waals surface area contributed by atoms with Gasteiger partial charge in [-0.3, -0.25) is 4.79 Å². The van der Waals surface area contributed by atoms with Crippen molar-refractivity contribution in [1.29, 1.82) is 0 Å². The predicted octanol–water partition coefficient (Wildman–Crippen LogP) is 5.67. The minimum atomic E-state index is -0.0777. The van der Waals surface area contributed by atoms with Crippen molar-refractivity contribution < 1.29 is 4.79 Å². The van der Waals surface area contributed by atoms with Crippen molar-refractivity contribution in [2.75, 3.05) is 31.1 Å². The molecule has 4 heterocycles. The number of pyridine rings is 1. The number of rotatable bonds is 5. The summed E-state index contributed by atoms with van der Waals surface area (Å²) < 4.78 is 1.77. The fourth-order valence-electron chi connectivity index (χ4n) is 4.40. The van der Waals surface area contributed by atoms with Gasteiger partial charge in [0.15, 0.2) is 5.69 Å². The summed E-state index contributed by atoms with van der Waals surface area (Å²) >= 11 is 7.54. The van der Waals surface area contributed by atoms with Gasteiger partial charge in [-0.15, -0.1) is 11.3 Å². The molecule has 184 valence electrons. The van der Waals surface area contributed by atoms with Gasteiger partial charge in [0.25, 0.3) is 5.91 Å². The lowest BCUT2D eigenvalue weighted by molar-refractivity contribution is 0.0740. The van der Waals surface area contributed by atoms with Gasteiger partial charge in [-0.05, 0) is 30.3 Å². The molecule has 0 spiro atoms. The number of nitrogens with zero attached hydrogens (tertiary/aromatic N) is 6.